The van der Waals surface area contributed by atoms with E-state index in [4.69, 9.17) is 0 Å². The summed E-state index contributed by atoms with van der Waals surface area (Å²) >= 11 is 0. The van der Waals surface area contributed by atoms with E-state index in [1.165, 1.54) is 6.42 Å². The van der Waals surface area contributed by atoms with E-state index in [1.807, 2.05) is 9.80 Å². The van der Waals surface area contributed by atoms with E-state index in [9.17, 15) is 9.59 Å². The van der Waals surface area contributed by atoms with Gasteiger partial charge in [0.1, 0.15) is 0 Å². The maximum atomic E-state index is 12.5. The number of nitrogens with zero attached hydrogens (tertiary/aromatic N) is 2. The van der Waals surface area contributed by atoms with Crippen molar-refractivity contribution in [1.29, 1.82) is 0 Å². The molecular formula is C17H30ClN3O2. The number of piperidine rings is 1. The van der Waals surface area contributed by atoms with Crippen LogP contribution in [0.3, 0.4) is 0 Å². The lowest BCUT2D eigenvalue weighted by atomic mass is 9.95. The van der Waals surface area contributed by atoms with Crippen LogP contribution in [0.1, 0.15) is 44.9 Å². The molecule has 6 heteroatoms. The van der Waals surface area contributed by atoms with Gasteiger partial charge in [-0.15, -0.1) is 12.4 Å². The molecular weight excluding hydrogens is 314 g/mol. The van der Waals surface area contributed by atoms with Gasteiger partial charge in [-0.3, -0.25) is 9.59 Å². The number of halogens is 1. The summed E-state index contributed by atoms with van der Waals surface area (Å²) < 4.78 is 0. The summed E-state index contributed by atoms with van der Waals surface area (Å²) in [5.74, 6) is 1.25. The molecule has 2 atom stereocenters. The normalized spacial score (nSPS) is 27.8. The van der Waals surface area contributed by atoms with Crippen LogP contribution < -0.4 is 5.32 Å². The number of hydrogen-bond acceptors (Lipinski definition) is 3. The van der Waals surface area contributed by atoms with Crippen molar-refractivity contribution in [2.75, 3.05) is 39.3 Å². The number of nitrogens with one attached hydrogen (secondary N) is 1. The average Bonchev–Trinajstić information content (AvgIpc) is 3.25. The smallest absolute Gasteiger partial charge is 0.227 e. The molecule has 3 rings (SSSR count). The number of rotatable bonds is 4. The Kier molecular flexibility index (Phi) is 7.15. The Hall–Kier alpha value is -0.810. The number of amides is 2. The van der Waals surface area contributed by atoms with Crippen molar-refractivity contribution in [3.05, 3.63) is 0 Å². The summed E-state index contributed by atoms with van der Waals surface area (Å²) in [7, 11) is 0. The highest BCUT2D eigenvalue weighted by atomic mass is 35.5. The Bertz CT molecular complexity index is 407. The average molecular weight is 344 g/mol. The second-order valence-electron chi connectivity index (χ2n) is 7.11. The predicted molar refractivity (Wildman–Crippen MR) is 92.6 cm³/mol. The van der Waals surface area contributed by atoms with Crippen LogP contribution in [0.15, 0.2) is 0 Å². The summed E-state index contributed by atoms with van der Waals surface area (Å²) in [5.41, 5.74) is 0. The van der Waals surface area contributed by atoms with Crippen LogP contribution in [-0.4, -0.2) is 60.9 Å². The molecule has 0 saturated carbocycles. The highest BCUT2D eigenvalue weighted by Gasteiger charge is 2.32. The first-order chi connectivity index (χ1) is 10.7. The van der Waals surface area contributed by atoms with Gasteiger partial charge in [0.05, 0.1) is 5.92 Å². The van der Waals surface area contributed by atoms with Crippen molar-refractivity contribution in [3.63, 3.8) is 0 Å². The van der Waals surface area contributed by atoms with Gasteiger partial charge in [0.15, 0.2) is 0 Å². The van der Waals surface area contributed by atoms with Gasteiger partial charge < -0.3 is 15.1 Å². The summed E-state index contributed by atoms with van der Waals surface area (Å²) in [6.07, 6.45) is 7.03. The van der Waals surface area contributed by atoms with E-state index < -0.39 is 0 Å². The van der Waals surface area contributed by atoms with Crippen LogP contribution >= 0.6 is 12.4 Å². The summed E-state index contributed by atoms with van der Waals surface area (Å²) in [6, 6.07) is 0. The third-order valence-electron chi connectivity index (χ3n) is 5.47. The van der Waals surface area contributed by atoms with E-state index in [-0.39, 0.29) is 30.1 Å². The van der Waals surface area contributed by atoms with Crippen LogP contribution in [0.25, 0.3) is 0 Å². The monoisotopic (exact) mass is 343 g/mol. The van der Waals surface area contributed by atoms with Crippen molar-refractivity contribution in [2.24, 2.45) is 11.8 Å². The van der Waals surface area contributed by atoms with Crippen LogP contribution in [0.2, 0.25) is 0 Å². The molecule has 132 valence electrons. The van der Waals surface area contributed by atoms with Crippen molar-refractivity contribution >= 4 is 24.2 Å². The zero-order chi connectivity index (χ0) is 15.4. The zero-order valence-electron chi connectivity index (χ0n) is 14.0. The maximum Gasteiger partial charge on any atom is 0.227 e. The molecule has 3 saturated heterocycles. The lowest BCUT2D eigenvalue weighted by Gasteiger charge is -2.34. The van der Waals surface area contributed by atoms with Crippen LogP contribution in [0, 0.1) is 11.8 Å². The zero-order valence-corrected chi connectivity index (χ0v) is 14.8. The van der Waals surface area contributed by atoms with Crippen molar-refractivity contribution in [1.82, 2.24) is 15.1 Å². The molecule has 0 radical (unpaired) electrons. The first-order valence-corrected chi connectivity index (χ1v) is 9.01. The SMILES string of the molecule is Cl.O=C(CCC1CCNC1)N1CCCC(C(=O)N2CCCC2)C1. The van der Waals surface area contributed by atoms with E-state index in [0.717, 1.165) is 64.8 Å². The minimum absolute atomic E-state index is 0. The van der Waals surface area contributed by atoms with Crippen molar-refractivity contribution in [3.8, 4) is 0 Å². The molecule has 3 aliphatic rings. The van der Waals surface area contributed by atoms with E-state index in [1.54, 1.807) is 0 Å². The second kappa shape index (κ2) is 8.88. The maximum absolute atomic E-state index is 12.5. The lowest BCUT2D eigenvalue weighted by molar-refractivity contribution is -0.140. The number of carbonyl (C=O) groups is 2. The Morgan fingerprint density at radius 3 is 2.43 bits per heavy atom. The molecule has 0 aliphatic carbocycles. The van der Waals surface area contributed by atoms with Gasteiger partial charge in [-0.1, -0.05) is 0 Å². The Morgan fingerprint density at radius 1 is 1.00 bits per heavy atom. The molecule has 0 aromatic heterocycles. The third kappa shape index (κ3) is 4.83. The second-order valence-corrected chi connectivity index (χ2v) is 7.11. The largest absolute Gasteiger partial charge is 0.342 e. The highest BCUT2D eigenvalue weighted by Crippen LogP contribution is 2.23. The Morgan fingerprint density at radius 2 is 1.74 bits per heavy atom. The molecule has 0 spiro atoms. The van der Waals surface area contributed by atoms with Gasteiger partial charge >= 0.3 is 0 Å². The van der Waals surface area contributed by atoms with Crippen molar-refractivity contribution < 1.29 is 9.59 Å². The molecule has 1 N–H and O–H groups in total. The first-order valence-electron chi connectivity index (χ1n) is 9.01. The quantitative estimate of drug-likeness (QED) is 0.844. The minimum Gasteiger partial charge on any atom is -0.342 e. The summed E-state index contributed by atoms with van der Waals surface area (Å²) in [6.45, 7) is 5.47. The van der Waals surface area contributed by atoms with Gasteiger partial charge in [0.2, 0.25) is 11.8 Å². The third-order valence-corrected chi connectivity index (χ3v) is 5.47. The van der Waals surface area contributed by atoms with E-state index in [2.05, 4.69) is 5.32 Å². The molecule has 5 nitrogen and oxygen atoms in total. The number of likely N-dealkylation sites (tertiary alicyclic amines) is 2. The molecule has 0 aromatic rings. The first kappa shape index (κ1) is 18.5. The molecule has 2 amide bonds. The van der Waals surface area contributed by atoms with E-state index in [0.29, 0.717) is 18.9 Å². The Balaban J connectivity index is 0.00000192. The van der Waals surface area contributed by atoms with E-state index >= 15 is 0 Å². The molecule has 23 heavy (non-hydrogen) atoms. The Labute approximate surface area is 145 Å². The fourth-order valence-electron chi connectivity index (χ4n) is 4.05. The number of hydrogen-bond donors (Lipinski definition) is 1. The molecule has 3 fully saturated rings. The molecule has 3 heterocycles. The highest BCUT2D eigenvalue weighted by molar-refractivity contribution is 5.85. The van der Waals surface area contributed by atoms with Crippen LogP contribution in [-0.2, 0) is 9.59 Å². The van der Waals surface area contributed by atoms with Gasteiger partial charge in [0, 0.05) is 32.6 Å². The summed E-state index contributed by atoms with van der Waals surface area (Å²) in [5, 5.41) is 3.35. The minimum atomic E-state index is 0. The van der Waals surface area contributed by atoms with Gasteiger partial charge in [-0.25, -0.2) is 0 Å². The topological polar surface area (TPSA) is 52.7 Å². The number of carbonyl (C=O) groups excluding carboxylic acids is 2. The molecule has 3 aliphatic heterocycles. The molecule has 0 aromatic carbocycles. The lowest BCUT2D eigenvalue weighted by Crippen LogP contribution is -2.46. The standard InChI is InChI=1S/C17H29N3O2.ClH/c21-16(6-5-14-7-8-18-12-14)20-11-3-4-15(13-20)17(22)19-9-1-2-10-19;/h14-15,18H,1-13H2;1H. The van der Waals surface area contributed by atoms with Crippen LogP contribution in [0.4, 0.5) is 0 Å². The van der Waals surface area contributed by atoms with Gasteiger partial charge in [-0.2, -0.15) is 0 Å². The summed E-state index contributed by atoms with van der Waals surface area (Å²) in [4.78, 5) is 28.9. The molecule has 0 bridgehead atoms. The fourth-order valence-corrected chi connectivity index (χ4v) is 4.05. The van der Waals surface area contributed by atoms with Gasteiger partial charge in [0.25, 0.3) is 0 Å². The predicted octanol–water partition coefficient (Wildman–Crippen LogP) is 1.66. The van der Waals surface area contributed by atoms with Gasteiger partial charge in [-0.05, 0) is 57.5 Å². The fraction of sp³-hybridized carbons (Fsp3) is 0.882. The van der Waals surface area contributed by atoms with Crippen LogP contribution in [0.5, 0.6) is 0 Å². The van der Waals surface area contributed by atoms with Crippen molar-refractivity contribution in [2.45, 2.75) is 44.9 Å². The molecule has 2 unspecified atom stereocenters.